The fraction of sp³-hybridized carbons (Fsp3) is 0.136. The first-order chi connectivity index (χ1) is 15.6. The van der Waals surface area contributed by atoms with Gasteiger partial charge in [-0.15, -0.1) is 0 Å². The molecule has 0 aliphatic heterocycles. The highest BCUT2D eigenvalue weighted by molar-refractivity contribution is 6.33. The molecule has 0 radical (unpaired) electrons. The molecule has 3 aromatic heterocycles. The van der Waals surface area contributed by atoms with Crippen LogP contribution in [-0.2, 0) is 5.92 Å². The third-order valence-electron chi connectivity index (χ3n) is 5.09. The first-order valence-electron chi connectivity index (χ1n) is 9.71. The molecule has 7 nitrogen and oxygen atoms in total. The van der Waals surface area contributed by atoms with Gasteiger partial charge in [-0.2, -0.15) is 13.8 Å². The molecule has 4 rings (SSSR count). The second-order valence-corrected chi connectivity index (χ2v) is 7.68. The van der Waals surface area contributed by atoms with Gasteiger partial charge in [-0.1, -0.05) is 24.2 Å². The van der Waals surface area contributed by atoms with Crippen molar-refractivity contribution in [3.8, 4) is 5.69 Å². The molecule has 0 bridgehead atoms. The molecule has 0 aliphatic rings. The molecule has 0 spiro atoms. The van der Waals surface area contributed by atoms with Gasteiger partial charge in [-0.25, -0.2) is 9.37 Å². The van der Waals surface area contributed by atoms with Crippen molar-refractivity contribution in [1.82, 2.24) is 18.9 Å². The number of nitrogens with one attached hydrogen (secondary N) is 1. The summed E-state index contributed by atoms with van der Waals surface area (Å²) in [7, 11) is 0. The number of rotatable bonds is 6. The number of alkyl halides is 2. The Balaban J connectivity index is 1.91. The molecule has 0 amide bonds. The van der Waals surface area contributed by atoms with Gasteiger partial charge in [0.2, 0.25) is 5.95 Å². The van der Waals surface area contributed by atoms with E-state index in [4.69, 9.17) is 17.3 Å². The van der Waals surface area contributed by atoms with Gasteiger partial charge in [0.15, 0.2) is 0 Å². The maximum Gasteiger partial charge on any atom is 0.296 e. The van der Waals surface area contributed by atoms with E-state index in [9.17, 15) is 18.0 Å². The molecule has 4 aromatic rings. The van der Waals surface area contributed by atoms with Crippen LogP contribution in [0, 0.1) is 5.82 Å². The largest absolute Gasteiger partial charge is 0.368 e. The number of halogens is 4. The van der Waals surface area contributed by atoms with Gasteiger partial charge in [0.25, 0.3) is 11.5 Å². The summed E-state index contributed by atoms with van der Waals surface area (Å²) in [6.45, 7) is 4.79. The van der Waals surface area contributed by atoms with Crippen LogP contribution in [0.1, 0.15) is 24.2 Å². The van der Waals surface area contributed by atoms with Crippen LogP contribution in [-0.4, -0.2) is 18.9 Å². The average Bonchev–Trinajstić information content (AvgIpc) is 3.14. The minimum atomic E-state index is -3.43. The Hall–Kier alpha value is -3.79. The van der Waals surface area contributed by atoms with Gasteiger partial charge in [0.1, 0.15) is 17.2 Å². The molecule has 1 atom stereocenters. The molecule has 3 heterocycles. The molecule has 0 fully saturated rings. The molecule has 11 heteroatoms. The van der Waals surface area contributed by atoms with E-state index in [1.807, 2.05) is 0 Å². The predicted molar refractivity (Wildman–Crippen MR) is 121 cm³/mol. The number of aromatic nitrogens is 4. The summed E-state index contributed by atoms with van der Waals surface area (Å²) in [5, 5.41) is 3.09. The Kier molecular flexibility index (Phi) is 5.62. The molecular formula is C22H18ClF3N6O. The molecule has 3 N–H and O–H groups in total. The molecule has 170 valence electrons. The number of hydrogen-bond acceptors (Lipinski definition) is 5. The van der Waals surface area contributed by atoms with Crippen molar-refractivity contribution in [2.75, 3.05) is 11.1 Å². The van der Waals surface area contributed by atoms with Crippen molar-refractivity contribution in [3.05, 3.63) is 94.0 Å². The van der Waals surface area contributed by atoms with Gasteiger partial charge in [-0.05, 0) is 37.3 Å². The van der Waals surface area contributed by atoms with Crippen molar-refractivity contribution in [3.63, 3.8) is 0 Å². The van der Waals surface area contributed by atoms with Gasteiger partial charge in [-0.3, -0.25) is 9.36 Å². The Morgan fingerprint density at radius 1 is 1.33 bits per heavy atom. The second-order valence-electron chi connectivity index (χ2n) is 7.28. The Bertz CT molecular complexity index is 1430. The lowest BCUT2D eigenvalue weighted by molar-refractivity contribution is 0.0526. The first-order valence-corrected chi connectivity index (χ1v) is 10.1. The molecule has 1 unspecified atom stereocenters. The molecule has 33 heavy (non-hydrogen) atoms. The van der Waals surface area contributed by atoms with Crippen LogP contribution in [0.3, 0.4) is 0 Å². The molecule has 1 aromatic carbocycles. The summed E-state index contributed by atoms with van der Waals surface area (Å²) < 4.78 is 45.6. The molecule has 0 aliphatic carbocycles. The van der Waals surface area contributed by atoms with E-state index in [2.05, 4.69) is 21.9 Å². The van der Waals surface area contributed by atoms with Gasteiger partial charge in [0, 0.05) is 18.6 Å². The molecule has 0 saturated heterocycles. The van der Waals surface area contributed by atoms with Crippen LogP contribution in [0.5, 0.6) is 0 Å². The zero-order chi connectivity index (χ0) is 23.9. The van der Waals surface area contributed by atoms with E-state index in [0.29, 0.717) is 11.8 Å². The first kappa shape index (κ1) is 22.4. The van der Waals surface area contributed by atoms with Crippen molar-refractivity contribution in [2.45, 2.75) is 18.9 Å². The quantitative estimate of drug-likeness (QED) is 0.395. The fourth-order valence-corrected chi connectivity index (χ4v) is 3.73. The standard InChI is InChI=1S/C22H18ClF3N6O/c1-3-22(25,26)15-10-28-21(27)30-19(15)29-12(2)17-11-31-8-7-16(23)18(31)20(33)32(17)14-6-4-5-13(24)9-14/h3-12H,1H2,2H3,(H3,27,28,29,30). The number of benzene rings is 1. The SMILES string of the molecule is C=CC(F)(F)c1cnc(N)nc1NC(C)c1cn2ccc(Cl)c2c(=O)n1-c1cccc(F)c1. The number of hydrogen-bond donors (Lipinski definition) is 2. The number of nitrogens with two attached hydrogens (primary N) is 1. The number of anilines is 2. The van der Waals surface area contributed by atoms with E-state index in [0.717, 1.165) is 6.20 Å². The highest BCUT2D eigenvalue weighted by Crippen LogP contribution is 2.35. The third kappa shape index (κ3) is 4.05. The number of allylic oxidation sites excluding steroid dienone is 1. The van der Waals surface area contributed by atoms with E-state index >= 15 is 0 Å². The zero-order valence-electron chi connectivity index (χ0n) is 17.3. The second kappa shape index (κ2) is 8.28. The summed E-state index contributed by atoms with van der Waals surface area (Å²) in [4.78, 5) is 20.9. The smallest absolute Gasteiger partial charge is 0.296 e. The van der Waals surface area contributed by atoms with Crippen molar-refractivity contribution >= 4 is 28.9 Å². The Labute approximate surface area is 191 Å². The Morgan fingerprint density at radius 2 is 2.09 bits per heavy atom. The fourth-order valence-electron chi connectivity index (χ4n) is 3.49. The third-order valence-corrected chi connectivity index (χ3v) is 5.39. The molecule has 0 saturated carbocycles. The van der Waals surface area contributed by atoms with Crippen LogP contribution < -0.4 is 16.6 Å². The van der Waals surface area contributed by atoms with Crippen molar-refractivity contribution in [1.29, 1.82) is 0 Å². The van der Waals surface area contributed by atoms with Gasteiger partial charge < -0.3 is 15.5 Å². The van der Waals surface area contributed by atoms with E-state index in [1.54, 1.807) is 31.5 Å². The summed E-state index contributed by atoms with van der Waals surface area (Å²) >= 11 is 6.19. The summed E-state index contributed by atoms with van der Waals surface area (Å²) in [6.07, 6.45) is 4.56. The van der Waals surface area contributed by atoms with E-state index in [-0.39, 0.29) is 28.0 Å². The van der Waals surface area contributed by atoms with Crippen molar-refractivity contribution in [2.24, 2.45) is 0 Å². The summed E-state index contributed by atoms with van der Waals surface area (Å²) in [5.41, 5.74) is 5.31. The monoisotopic (exact) mass is 474 g/mol. The van der Waals surface area contributed by atoms with Crippen molar-refractivity contribution < 1.29 is 13.2 Å². The lowest BCUT2D eigenvalue weighted by Crippen LogP contribution is -2.28. The minimum absolute atomic E-state index is 0.182. The van der Waals surface area contributed by atoms with Crippen LogP contribution in [0.25, 0.3) is 11.2 Å². The van der Waals surface area contributed by atoms with Crippen LogP contribution in [0.4, 0.5) is 24.9 Å². The number of fused-ring (bicyclic) bond motifs is 1. The summed E-state index contributed by atoms with van der Waals surface area (Å²) in [6, 6.07) is 6.21. The Morgan fingerprint density at radius 3 is 2.79 bits per heavy atom. The van der Waals surface area contributed by atoms with E-state index < -0.39 is 28.9 Å². The van der Waals surface area contributed by atoms with Gasteiger partial charge in [0.05, 0.1) is 28.0 Å². The number of nitrogens with zero attached hydrogens (tertiary/aromatic N) is 4. The van der Waals surface area contributed by atoms with Crippen LogP contribution >= 0.6 is 11.6 Å². The van der Waals surface area contributed by atoms with Gasteiger partial charge >= 0.3 is 0 Å². The predicted octanol–water partition coefficient (Wildman–Crippen LogP) is 4.71. The molecular weight excluding hydrogens is 457 g/mol. The zero-order valence-corrected chi connectivity index (χ0v) is 18.0. The highest BCUT2D eigenvalue weighted by Gasteiger charge is 2.32. The normalized spacial score (nSPS) is 12.6. The maximum absolute atomic E-state index is 14.4. The lowest BCUT2D eigenvalue weighted by Gasteiger charge is -2.23. The highest BCUT2D eigenvalue weighted by atomic mass is 35.5. The van der Waals surface area contributed by atoms with Crippen LogP contribution in [0.15, 0.2) is 66.4 Å². The maximum atomic E-state index is 14.4. The topological polar surface area (TPSA) is 90.2 Å². The minimum Gasteiger partial charge on any atom is -0.368 e. The van der Waals surface area contributed by atoms with E-state index in [1.165, 1.54) is 27.2 Å². The lowest BCUT2D eigenvalue weighted by atomic mass is 10.1. The number of nitrogen functional groups attached to an aromatic ring is 1. The average molecular weight is 475 g/mol. The van der Waals surface area contributed by atoms with Crippen LogP contribution in [0.2, 0.25) is 5.02 Å². The summed E-state index contributed by atoms with van der Waals surface area (Å²) in [5.74, 6) is -4.44.